The highest BCUT2D eigenvalue weighted by Crippen LogP contribution is 2.36. The van der Waals surface area contributed by atoms with Crippen molar-refractivity contribution in [2.45, 2.75) is 12.6 Å². The van der Waals surface area contributed by atoms with Crippen molar-refractivity contribution in [3.8, 4) is 0 Å². The smallest absolute Gasteiger partial charge is 0.324 e. The Morgan fingerprint density at radius 2 is 1.09 bits per heavy atom. The van der Waals surface area contributed by atoms with Gasteiger partial charge in [-0.05, 0) is 24.3 Å². The van der Waals surface area contributed by atoms with Crippen molar-refractivity contribution in [1.82, 2.24) is 0 Å². The minimum Gasteiger partial charge on any atom is -0.364 e. The predicted molar refractivity (Wildman–Crippen MR) is 84.0 cm³/mol. The zero-order valence-electron chi connectivity index (χ0n) is 11.1. The molecule has 2 rings (SSSR count). The molecule has 2 aromatic rings. The monoisotopic (exact) mass is 362 g/mol. The molecule has 0 aliphatic heterocycles. The van der Waals surface area contributed by atoms with Gasteiger partial charge in [-0.2, -0.15) is 0 Å². The van der Waals surface area contributed by atoms with Gasteiger partial charge in [-0.25, -0.2) is 0 Å². The van der Waals surface area contributed by atoms with E-state index in [1.54, 1.807) is 24.3 Å². The van der Waals surface area contributed by atoms with Gasteiger partial charge in [0.15, 0.2) is 12.6 Å². The van der Waals surface area contributed by atoms with E-state index in [0.29, 0.717) is 21.2 Å². The van der Waals surface area contributed by atoms with Gasteiger partial charge in [0.1, 0.15) is 0 Å². The first-order chi connectivity index (χ1) is 10.5. The molecule has 0 heterocycles. The summed E-state index contributed by atoms with van der Waals surface area (Å²) in [5.74, 6) is 0. The van der Waals surface area contributed by atoms with Gasteiger partial charge < -0.3 is 10.2 Å². The number of hydrogen-bond donors (Lipinski definition) is 2. The fourth-order valence-corrected chi connectivity index (χ4v) is 2.55. The lowest BCUT2D eigenvalue weighted by atomic mass is 10.2. The zero-order chi connectivity index (χ0) is 16.1. The second-order valence-corrected chi connectivity index (χ2v) is 6.14. The topological polar surface area (TPSA) is 76.0 Å². The van der Waals surface area contributed by atoms with E-state index in [9.17, 15) is 14.8 Å². The molecule has 0 spiro atoms. The summed E-state index contributed by atoms with van der Waals surface area (Å²) < 4.78 is 21.4. The van der Waals surface area contributed by atoms with Gasteiger partial charge in [-0.3, -0.25) is 13.6 Å². The SMILES string of the molecule is O=[PH](OC(O)c1ccc(Cl)cc1)OC(O)c1ccc(Cl)cc1. The molecule has 0 fully saturated rings. The molecule has 0 bridgehead atoms. The van der Waals surface area contributed by atoms with Crippen molar-refractivity contribution in [1.29, 1.82) is 0 Å². The maximum absolute atomic E-state index is 11.7. The van der Waals surface area contributed by atoms with Crippen LogP contribution in [0.1, 0.15) is 23.7 Å². The predicted octanol–water partition coefficient (Wildman–Crippen LogP) is 4.10. The fourth-order valence-electron chi connectivity index (χ4n) is 1.60. The zero-order valence-corrected chi connectivity index (χ0v) is 13.7. The molecule has 0 aliphatic rings. The lowest BCUT2D eigenvalue weighted by Crippen LogP contribution is -2.02. The molecule has 0 saturated carbocycles. The minimum atomic E-state index is -3.12. The Hall–Kier alpha value is -0.910. The van der Waals surface area contributed by atoms with Crippen LogP contribution in [0, 0.1) is 0 Å². The normalized spacial score (nSPS) is 15.3. The van der Waals surface area contributed by atoms with E-state index in [1.807, 2.05) is 0 Å². The average Bonchev–Trinajstić information content (AvgIpc) is 2.48. The summed E-state index contributed by atoms with van der Waals surface area (Å²) in [7, 11) is -3.12. The van der Waals surface area contributed by atoms with E-state index in [1.165, 1.54) is 24.3 Å². The molecule has 22 heavy (non-hydrogen) atoms. The van der Waals surface area contributed by atoms with Crippen molar-refractivity contribution in [2.75, 3.05) is 0 Å². The summed E-state index contributed by atoms with van der Waals surface area (Å²) in [6.45, 7) is 0. The average molecular weight is 363 g/mol. The van der Waals surface area contributed by atoms with E-state index in [-0.39, 0.29) is 0 Å². The number of rotatable bonds is 6. The number of hydrogen-bond acceptors (Lipinski definition) is 5. The molecule has 0 aromatic heterocycles. The molecule has 2 aromatic carbocycles. The van der Waals surface area contributed by atoms with Crippen molar-refractivity contribution in [3.05, 3.63) is 69.7 Å². The summed E-state index contributed by atoms with van der Waals surface area (Å²) in [6, 6.07) is 12.3. The maximum atomic E-state index is 11.7. The highest BCUT2D eigenvalue weighted by molar-refractivity contribution is 7.33. The summed E-state index contributed by atoms with van der Waals surface area (Å²) in [5.41, 5.74) is 0.736. The van der Waals surface area contributed by atoms with Gasteiger partial charge in [-0.15, -0.1) is 0 Å². The van der Waals surface area contributed by atoms with Gasteiger partial charge in [-0.1, -0.05) is 47.5 Å². The van der Waals surface area contributed by atoms with E-state index in [2.05, 4.69) is 0 Å². The van der Waals surface area contributed by atoms with E-state index < -0.39 is 20.8 Å². The summed E-state index contributed by atoms with van der Waals surface area (Å²) in [4.78, 5) is 0. The molecule has 118 valence electrons. The summed E-state index contributed by atoms with van der Waals surface area (Å²) in [5, 5.41) is 20.6. The van der Waals surface area contributed by atoms with Crippen LogP contribution in [0.25, 0.3) is 0 Å². The highest BCUT2D eigenvalue weighted by atomic mass is 35.5. The third-order valence-electron chi connectivity index (χ3n) is 2.73. The van der Waals surface area contributed by atoms with Gasteiger partial charge in [0.25, 0.3) is 0 Å². The fraction of sp³-hybridized carbons (Fsp3) is 0.143. The Morgan fingerprint density at radius 3 is 1.41 bits per heavy atom. The summed E-state index contributed by atoms with van der Waals surface area (Å²) in [6.07, 6.45) is -2.89. The Kier molecular flexibility index (Phi) is 6.41. The molecule has 0 radical (unpaired) electrons. The molecule has 0 amide bonds. The van der Waals surface area contributed by atoms with Crippen molar-refractivity contribution < 1.29 is 23.8 Å². The number of benzene rings is 2. The Balaban J connectivity index is 1.91. The minimum absolute atomic E-state index is 0.368. The molecule has 2 unspecified atom stereocenters. The molecular weight excluding hydrogens is 350 g/mol. The van der Waals surface area contributed by atoms with E-state index >= 15 is 0 Å². The lowest BCUT2D eigenvalue weighted by Gasteiger charge is -2.15. The van der Waals surface area contributed by atoms with Crippen LogP contribution in [0.5, 0.6) is 0 Å². The molecule has 0 aliphatic carbocycles. The molecule has 0 saturated heterocycles. The molecule has 2 N–H and O–H groups in total. The molecule has 5 nitrogen and oxygen atoms in total. The Morgan fingerprint density at radius 1 is 0.773 bits per heavy atom. The van der Waals surface area contributed by atoms with Crippen LogP contribution in [0.3, 0.4) is 0 Å². The van der Waals surface area contributed by atoms with Crippen LogP contribution in [0.2, 0.25) is 10.0 Å². The van der Waals surface area contributed by atoms with Crippen molar-refractivity contribution in [3.63, 3.8) is 0 Å². The molecule has 8 heteroatoms. The first kappa shape index (κ1) is 17.4. The largest absolute Gasteiger partial charge is 0.364 e. The maximum Gasteiger partial charge on any atom is 0.324 e. The summed E-state index contributed by atoms with van der Waals surface area (Å²) >= 11 is 11.4. The Labute approximate surface area is 138 Å². The number of aliphatic hydroxyl groups excluding tert-OH is 2. The highest BCUT2D eigenvalue weighted by Gasteiger charge is 2.16. The van der Waals surface area contributed by atoms with E-state index in [0.717, 1.165) is 0 Å². The standard InChI is InChI=1S/C14H13Cl2O5P/c15-11-5-1-9(2-6-11)13(17)20-22(19)21-14(18)10-3-7-12(16)8-4-10/h1-8,13-14,17-18,22H. The number of aliphatic hydroxyl groups is 2. The van der Waals surface area contributed by atoms with Crippen molar-refractivity contribution in [2.24, 2.45) is 0 Å². The van der Waals surface area contributed by atoms with Gasteiger partial charge in [0, 0.05) is 21.2 Å². The van der Waals surface area contributed by atoms with Gasteiger partial charge in [0.05, 0.1) is 0 Å². The molecular formula is C14H13Cl2O5P. The second kappa shape index (κ2) is 8.09. The van der Waals surface area contributed by atoms with Crippen LogP contribution in [0.15, 0.2) is 48.5 Å². The van der Waals surface area contributed by atoms with Crippen molar-refractivity contribution >= 4 is 31.5 Å². The molecule has 2 atom stereocenters. The number of halogens is 2. The first-order valence-electron chi connectivity index (χ1n) is 6.20. The third-order valence-corrected chi connectivity index (χ3v) is 4.06. The first-order valence-corrected chi connectivity index (χ1v) is 8.18. The quantitative estimate of drug-likeness (QED) is 0.597. The van der Waals surface area contributed by atoms with Crippen LogP contribution >= 0.6 is 31.5 Å². The van der Waals surface area contributed by atoms with E-state index in [4.69, 9.17) is 32.2 Å². The second-order valence-electron chi connectivity index (χ2n) is 4.29. The van der Waals surface area contributed by atoms with Gasteiger partial charge >= 0.3 is 8.25 Å². The van der Waals surface area contributed by atoms with Gasteiger partial charge in [0.2, 0.25) is 0 Å². The van der Waals surface area contributed by atoms with Crippen LogP contribution < -0.4 is 0 Å². The van der Waals surface area contributed by atoms with Crippen LogP contribution in [-0.4, -0.2) is 10.2 Å². The lowest BCUT2D eigenvalue weighted by molar-refractivity contribution is -0.0619. The third kappa shape index (κ3) is 5.07. The Bertz CT molecular complexity index is 577. The van der Waals surface area contributed by atoms with Crippen LogP contribution in [-0.2, 0) is 13.6 Å². The van der Waals surface area contributed by atoms with Crippen LogP contribution in [0.4, 0.5) is 0 Å².